The van der Waals surface area contributed by atoms with Crippen LogP contribution in [0.4, 0.5) is 4.39 Å². The molecular formula is C15H21ClFN. The number of halogens is 2. The summed E-state index contributed by atoms with van der Waals surface area (Å²) in [5.41, 5.74) is 7.99. The van der Waals surface area contributed by atoms with Gasteiger partial charge in [-0.2, -0.15) is 0 Å². The van der Waals surface area contributed by atoms with Crippen molar-refractivity contribution in [1.29, 1.82) is 0 Å². The molecule has 0 amide bonds. The normalized spacial score (nSPS) is 17.2. The lowest BCUT2D eigenvalue weighted by molar-refractivity contribution is 0.478. The van der Waals surface area contributed by atoms with Crippen LogP contribution in [-0.4, -0.2) is 6.54 Å². The summed E-state index contributed by atoms with van der Waals surface area (Å²) in [5.74, 6) is -0.109. The van der Waals surface area contributed by atoms with E-state index in [0.29, 0.717) is 5.41 Å². The van der Waals surface area contributed by atoms with Crippen LogP contribution in [0.2, 0.25) is 5.02 Å². The van der Waals surface area contributed by atoms with E-state index in [1.165, 1.54) is 12.8 Å². The van der Waals surface area contributed by atoms with Crippen LogP contribution in [0.3, 0.4) is 0 Å². The molecule has 100 valence electrons. The van der Waals surface area contributed by atoms with Crippen molar-refractivity contribution in [3.63, 3.8) is 0 Å². The fourth-order valence-corrected chi connectivity index (χ4v) is 2.62. The van der Waals surface area contributed by atoms with Crippen LogP contribution in [0.5, 0.6) is 0 Å². The second-order valence-electron chi connectivity index (χ2n) is 5.84. The van der Waals surface area contributed by atoms with E-state index < -0.39 is 0 Å². The molecule has 1 fully saturated rings. The van der Waals surface area contributed by atoms with Gasteiger partial charge in [-0.15, -0.1) is 0 Å². The third-order valence-electron chi connectivity index (χ3n) is 4.07. The summed E-state index contributed by atoms with van der Waals surface area (Å²) < 4.78 is 13.8. The van der Waals surface area contributed by atoms with E-state index in [1.54, 1.807) is 6.07 Å². The Hall–Kier alpha value is -0.600. The summed E-state index contributed by atoms with van der Waals surface area (Å²) in [6, 6.07) is 3.72. The van der Waals surface area contributed by atoms with Gasteiger partial charge in [-0.3, -0.25) is 0 Å². The van der Waals surface area contributed by atoms with Crippen molar-refractivity contribution >= 4 is 11.6 Å². The fraction of sp³-hybridized carbons (Fsp3) is 0.600. The minimum absolute atomic E-state index is 0.159. The fourth-order valence-electron chi connectivity index (χ4n) is 2.38. The molecule has 0 aliphatic heterocycles. The lowest BCUT2D eigenvalue weighted by atomic mass is 9.94. The molecule has 0 bridgehead atoms. The van der Waals surface area contributed by atoms with E-state index >= 15 is 0 Å². The second kappa shape index (κ2) is 5.18. The third kappa shape index (κ3) is 2.86. The molecule has 1 aliphatic rings. The van der Waals surface area contributed by atoms with Gasteiger partial charge in [-0.1, -0.05) is 31.5 Å². The minimum Gasteiger partial charge on any atom is -0.330 e. The molecule has 2 N–H and O–H groups in total. The van der Waals surface area contributed by atoms with E-state index in [0.717, 1.165) is 30.5 Å². The molecule has 0 saturated heterocycles. The lowest BCUT2D eigenvalue weighted by Gasteiger charge is -2.14. The monoisotopic (exact) mass is 269 g/mol. The minimum atomic E-state index is -0.268. The van der Waals surface area contributed by atoms with Crippen molar-refractivity contribution in [2.75, 3.05) is 6.54 Å². The Morgan fingerprint density at radius 1 is 1.39 bits per heavy atom. The molecule has 18 heavy (non-hydrogen) atoms. The van der Waals surface area contributed by atoms with Gasteiger partial charge in [0.15, 0.2) is 0 Å². The van der Waals surface area contributed by atoms with Crippen LogP contribution in [0.1, 0.15) is 50.2 Å². The summed E-state index contributed by atoms with van der Waals surface area (Å²) in [6.07, 6.45) is 4.49. The Balaban J connectivity index is 2.13. The van der Waals surface area contributed by atoms with E-state index in [1.807, 2.05) is 19.9 Å². The van der Waals surface area contributed by atoms with Crippen LogP contribution in [0.15, 0.2) is 12.1 Å². The van der Waals surface area contributed by atoms with Gasteiger partial charge in [-0.25, -0.2) is 4.39 Å². The van der Waals surface area contributed by atoms with Gasteiger partial charge in [0.1, 0.15) is 5.82 Å². The van der Waals surface area contributed by atoms with Crippen molar-refractivity contribution in [2.24, 2.45) is 11.1 Å². The molecule has 1 aliphatic carbocycles. The highest BCUT2D eigenvalue weighted by Crippen LogP contribution is 2.48. The van der Waals surface area contributed by atoms with Crippen molar-refractivity contribution in [3.05, 3.63) is 34.1 Å². The van der Waals surface area contributed by atoms with Crippen LogP contribution in [-0.2, 0) is 6.42 Å². The van der Waals surface area contributed by atoms with E-state index in [4.69, 9.17) is 17.3 Å². The predicted molar refractivity (Wildman–Crippen MR) is 74.5 cm³/mol. The standard InChI is InChI=1S/C15H21ClFN/c1-10(2)12-7-11(8-13(16)14(12)17)3-4-15(9-18)5-6-15/h7-8,10H,3-6,9,18H2,1-2H3. The summed E-state index contributed by atoms with van der Waals surface area (Å²) in [4.78, 5) is 0. The molecule has 0 unspecified atom stereocenters. The smallest absolute Gasteiger partial charge is 0.145 e. The number of benzene rings is 1. The van der Waals surface area contributed by atoms with Gasteiger partial charge in [0, 0.05) is 0 Å². The summed E-state index contributed by atoms with van der Waals surface area (Å²) in [6.45, 7) is 4.74. The first-order chi connectivity index (χ1) is 8.47. The Labute approximate surface area is 114 Å². The zero-order valence-electron chi connectivity index (χ0n) is 11.1. The summed E-state index contributed by atoms with van der Waals surface area (Å²) in [7, 11) is 0. The first-order valence-electron chi connectivity index (χ1n) is 6.65. The van der Waals surface area contributed by atoms with Crippen LogP contribution in [0, 0.1) is 11.2 Å². The first-order valence-corrected chi connectivity index (χ1v) is 7.03. The molecule has 2 rings (SSSR count). The van der Waals surface area contributed by atoms with Crippen molar-refractivity contribution in [1.82, 2.24) is 0 Å². The molecule has 0 heterocycles. The van der Waals surface area contributed by atoms with Crippen LogP contribution >= 0.6 is 11.6 Å². The molecule has 3 heteroatoms. The Bertz CT molecular complexity index is 438. The van der Waals surface area contributed by atoms with Crippen LogP contribution < -0.4 is 5.73 Å². The average Bonchev–Trinajstić information content (AvgIpc) is 3.11. The molecule has 0 spiro atoms. The Kier molecular flexibility index (Phi) is 3.98. The van der Waals surface area contributed by atoms with E-state index in [-0.39, 0.29) is 16.8 Å². The average molecular weight is 270 g/mol. The highest BCUT2D eigenvalue weighted by Gasteiger charge is 2.40. The molecular weight excluding hydrogens is 249 g/mol. The molecule has 0 aromatic heterocycles. The van der Waals surface area contributed by atoms with Gasteiger partial charge >= 0.3 is 0 Å². The van der Waals surface area contributed by atoms with Crippen molar-refractivity contribution in [2.45, 2.75) is 45.4 Å². The van der Waals surface area contributed by atoms with Gasteiger partial charge in [0.05, 0.1) is 5.02 Å². The van der Waals surface area contributed by atoms with Gasteiger partial charge < -0.3 is 5.73 Å². The lowest BCUT2D eigenvalue weighted by Crippen LogP contribution is -2.16. The van der Waals surface area contributed by atoms with Crippen molar-refractivity contribution in [3.8, 4) is 0 Å². The molecule has 1 nitrogen and oxygen atoms in total. The van der Waals surface area contributed by atoms with Crippen LogP contribution in [0.25, 0.3) is 0 Å². The van der Waals surface area contributed by atoms with Gasteiger partial charge in [0.2, 0.25) is 0 Å². The third-order valence-corrected chi connectivity index (χ3v) is 4.35. The summed E-state index contributed by atoms with van der Waals surface area (Å²) in [5, 5.41) is 0.244. The number of hydrogen-bond donors (Lipinski definition) is 1. The molecule has 1 aromatic carbocycles. The zero-order valence-corrected chi connectivity index (χ0v) is 11.9. The number of rotatable bonds is 5. The maximum Gasteiger partial charge on any atom is 0.145 e. The molecule has 1 saturated carbocycles. The first kappa shape index (κ1) is 13.8. The quantitative estimate of drug-likeness (QED) is 0.849. The molecule has 0 radical (unpaired) electrons. The van der Waals surface area contributed by atoms with Gasteiger partial charge in [-0.05, 0) is 60.8 Å². The second-order valence-corrected chi connectivity index (χ2v) is 6.25. The largest absolute Gasteiger partial charge is 0.330 e. The number of aryl methyl sites for hydroxylation is 1. The highest BCUT2D eigenvalue weighted by atomic mass is 35.5. The van der Waals surface area contributed by atoms with Gasteiger partial charge in [0.25, 0.3) is 0 Å². The Morgan fingerprint density at radius 3 is 2.56 bits per heavy atom. The van der Waals surface area contributed by atoms with E-state index in [9.17, 15) is 4.39 Å². The topological polar surface area (TPSA) is 26.0 Å². The SMILES string of the molecule is CC(C)c1cc(CCC2(CN)CC2)cc(Cl)c1F. The molecule has 1 aromatic rings. The number of hydrogen-bond acceptors (Lipinski definition) is 1. The maximum absolute atomic E-state index is 13.8. The molecule has 0 atom stereocenters. The highest BCUT2D eigenvalue weighted by molar-refractivity contribution is 6.30. The zero-order chi connectivity index (χ0) is 13.3. The maximum atomic E-state index is 13.8. The Morgan fingerprint density at radius 2 is 2.06 bits per heavy atom. The summed E-state index contributed by atoms with van der Waals surface area (Å²) >= 11 is 5.96. The van der Waals surface area contributed by atoms with E-state index in [2.05, 4.69) is 0 Å². The number of nitrogens with two attached hydrogens (primary N) is 1. The predicted octanol–water partition coefficient (Wildman–Crippen LogP) is 4.27. The van der Waals surface area contributed by atoms with Crippen molar-refractivity contribution < 1.29 is 4.39 Å².